The van der Waals surface area contributed by atoms with Crippen molar-refractivity contribution in [3.05, 3.63) is 65.2 Å². The first-order chi connectivity index (χ1) is 13.3. The predicted octanol–water partition coefficient (Wildman–Crippen LogP) is 3.70. The molecule has 0 bridgehead atoms. The summed E-state index contributed by atoms with van der Waals surface area (Å²) in [5.74, 6) is 0.842. The first-order valence-corrected chi connectivity index (χ1v) is 9.74. The summed E-state index contributed by atoms with van der Waals surface area (Å²) in [5, 5.41) is 6.82. The third kappa shape index (κ3) is 6.67. The van der Waals surface area contributed by atoms with Gasteiger partial charge in [-0.15, -0.1) is 24.0 Å². The quantitative estimate of drug-likeness (QED) is 0.366. The van der Waals surface area contributed by atoms with Crippen molar-refractivity contribution >= 4 is 35.6 Å². The number of halogens is 1. The number of guanidine groups is 1. The number of benzene rings is 2. The number of aryl methyl sites for hydroxylation is 1. The van der Waals surface area contributed by atoms with E-state index in [9.17, 15) is 0 Å². The lowest BCUT2D eigenvalue weighted by molar-refractivity contribution is 0.122. The second kappa shape index (κ2) is 11.9. The molecule has 0 aromatic heterocycles. The summed E-state index contributed by atoms with van der Waals surface area (Å²) in [6, 6.07) is 17.1. The highest BCUT2D eigenvalue weighted by Gasteiger charge is 2.14. The van der Waals surface area contributed by atoms with Gasteiger partial charge in [0.25, 0.3) is 0 Å². The van der Waals surface area contributed by atoms with Crippen molar-refractivity contribution in [3.8, 4) is 0 Å². The number of para-hydroxylation sites is 1. The van der Waals surface area contributed by atoms with E-state index >= 15 is 0 Å². The Morgan fingerprint density at radius 1 is 1.04 bits per heavy atom. The van der Waals surface area contributed by atoms with Gasteiger partial charge >= 0.3 is 0 Å². The predicted molar refractivity (Wildman–Crippen MR) is 128 cm³/mol. The van der Waals surface area contributed by atoms with Gasteiger partial charge in [-0.1, -0.05) is 48.0 Å². The van der Waals surface area contributed by atoms with E-state index < -0.39 is 0 Å². The molecule has 3 rings (SSSR count). The number of anilines is 1. The lowest BCUT2D eigenvalue weighted by Gasteiger charge is -2.30. The van der Waals surface area contributed by atoms with E-state index in [1.165, 1.54) is 22.4 Å². The van der Waals surface area contributed by atoms with Crippen LogP contribution in [0.4, 0.5) is 5.69 Å². The number of hydrogen-bond donors (Lipinski definition) is 2. The first-order valence-electron chi connectivity index (χ1n) is 9.74. The molecule has 5 nitrogen and oxygen atoms in total. The fourth-order valence-corrected chi connectivity index (χ4v) is 3.16. The molecular weight excluding hydrogens is 463 g/mol. The Bertz CT molecular complexity index is 742. The van der Waals surface area contributed by atoms with Crippen LogP contribution in [0.15, 0.2) is 53.5 Å². The molecular formula is C22H31IN4O. The summed E-state index contributed by atoms with van der Waals surface area (Å²) >= 11 is 0. The summed E-state index contributed by atoms with van der Waals surface area (Å²) in [6.07, 6.45) is 0. The van der Waals surface area contributed by atoms with E-state index in [0.29, 0.717) is 6.54 Å². The van der Waals surface area contributed by atoms with Crippen LogP contribution in [-0.4, -0.2) is 38.8 Å². The van der Waals surface area contributed by atoms with E-state index in [0.717, 1.165) is 45.4 Å². The summed E-state index contributed by atoms with van der Waals surface area (Å²) in [4.78, 5) is 7.13. The molecule has 28 heavy (non-hydrogen) atoms. The number of rotatable bonds is 6. The minimum atomic E-state index is 0. The molecule has 0 radical (unpaired) electrons. The van der Waals surface area contributed by atoms with E-state index in [-0.39, 0.29) is 24.0 Å². The van der Waals surface area contributed by atoms with E-state index in [1.54, 1.807) is 0 Å². The van der Waals surface area contributed by atoms with Gasteiger partial charge in [0.1, 0.15) is 0 Å². The molecule has 152 valence electrons. The molecule has 0 unspecified atom stereocenters. The minimum Gasteiger partial charge on any atom is -0.378 e. The molecule has 2 aromatic rings. The van der Waals surface area contributed by atoms with E-state index in [1.807, 2.05) is 0 Å². The number of nitrogens with zero attached hydrogens (tertiary/aromatic N) is 2. The Kier molecular flexibility index (Phi) is 9.57. The maximum Gasteiger partial charge on any atom is 0.191 e. The fraction of sp³-hybridized carbons (Fsp3) is 0.409. The lowest BCUT2D eigenvalue weighted by atomic mass is 10.1. The Hall–Kier alpha value is -1.80. The van der Waals surface area contributed by atoms with Crippen LogP contribution in [0.1, 0.15) is 23.6 Å². The number of hydrogen-bond acceptors (Lipinski definition) is 3. The Labute approximate surface area is 185 Å². The molecule has 6 heteroatoms. The zero-order chi connectivity index (χ0) is 18.9. The van der Waals surface area contributed by atoms with Gasteiger partial charge in [-0.05, 0) is 31.0 Å². The Morgan fingerprint density at radius 3 is 2.46 bits per heavy atom. The van der Waals surface area contributed by atoms with Crippen molar-refractivity contribution in [3.63, 3.8) is 0 Å². The van der Waals surface area contributed by atoms with Gasteiger partial charge < -0.3 is 20.3 Å². The van der Waals surface area contributed by atoms with E-state index in [4.69, 9.17) is 9.73 Å². The highest BCUT2D eigenvalue weighted by Crippen LogP contribution is 2.21. The van der Waals surface area contributed by atoms with Crippen LogP contribution in [0.5, 0.6) is 0 Å². The Morgan fingerprint density at radius 2 is 1.75 bits per heavy atom. The van der Waals surface area contributed by atoms with E-state index in [2.05, 4.69) is 77.9 Å². The summed E-state index contributed by atoms with van der Waals surface area (Å²) in [6.45, 7) is 9.91. The van der Waals surface area contributed by atoms with Gasteiger partial charge in [-0.2, -0.15) is 0 Å². The number of nitrogens with one attached hydrogen (secondary N) is 2. The fourth-order valence-electron chi connectivity index (χ4n) is 3.16. The zero-order valence-corrected chi connectivity index (χ0v) is 19.1. The summed E-state index contributed by atoms with van der Waals surface area (Å²) < 4.78 is 5.49. The molecule has 2 N–H and O–H groups in total. The van der Waals surface area contributed by atoms with Gasteiger partial charge in [0.15, 0.2) is 5.96 Å². The third-order valence-corrected chi connectivity index (χ3v) is 4.67. The molecule has 1 aliphatic rings. The SMILES string of the molecule is CCNC(=NCc1ccc(C)cc1)NCc1ccccc1N1CCOCC1.I. The monoisotopic (exact) mass is 494 g/mol. The highest BCUT2D eigenvalue weighted by molar-refractivity contribution is 14.0. The standard InChI is InChI=1S/C22H30N4O.HI/c1-3-23-22(24-16-19-10-8-18(2)9-11-19)25-17-20-6-4-5-7-21(20)26-12-14-27-15-13-26;/h4-11H,3,12-17H2,1-2H3,(H2,23,24,25);1H. The first kappa shape index (κ1) is 22.5. The van der Waals surface area contributed by atoms with Gasteiger partial charge in [0.2, 0.25) is 0 Å². The molecule has 0 spiro atoms. The largest absolute Gasteiger partial charge is 0.378 e. The molecule has 0 amide bonds. The molecule has 0 saturated carbocycles. The average Bonchev–Trinajstić information content (AvgIpc) is 2.72. The molecule has 1 fully saturated rings. The number of morpholine rings is 1. The average molecular weight is 494 g/mol. The molecule has 0 aliphatic carbocycles. The molecule has 0 atom stereocenters. The van der Waals surface area contributed by atoms with Crippen LogP contribution in [0.25, 0.3) is 0 Å². The van der Waals surface area contributed by atoms with Crippen molar-refractivity contribution in [2.45, 2.75) is 26.9 Å². The smallest absolute Gasteiger partial charge is 0.191 e. The number of aliphatic imine (C=N–C) groups is 1. The van der Waals surface area contributed by atoms with Crippen LogP contribution < -0.4 is 15.5 Å². The van der Waals surface area contributed by atoms with Gasteiger partial charge in [-0.3, -0.25) is 0 Å². The molecule has 2 aromatic carbocycles. The highest BCUT2D eigenvalue weighted by atomic mass is 127. The van der Waals surface area contributed by atoms with Crippen molar-refractivity contribution in [1.29, 1.82) is 0 Å². The lowest BCUT2D eigenvalue weighted by Crippen LogP contribution is -2.39. The van der Waals surface area contributed by atoms with Crippen LogP contribution in [0.2, 0.25) is 0 Å². The van der Waals surface area contributed by atoms with Crippen molar-refractivity contribution < 1.29 is 4.74 Å². The normalized spacial score (nSPS) is 14.4. The topological polar surface area (TPSA) is 48.9 Å². The van der Waals surface area contributed by atoms with Crippen molar-refractivity contribution in [1.82, 2.24) is 10.6 Å². The van der Waals surface area contributed by atoms with Crippen LogP contribution >= 0.6 is 24.0 Å². The van der Waals surface area contributed by atoms with Crippen molar-refractivity contribution in [2.24, 2.45) is 4.99 Å². The summed E-state index contributed by atoms with van der Waals surface area (Å²) in [5.41, 5.74) is 5.04. The second-order valence-electron chi connectivity index (χ2n) is 6.76. The molecule has 1 aliphatic heterocycles. The maximum absolute atomic E-state index is 5.49. The van der Waals surface area contributed by atoms with Crippen LogP contribution in [0.3, 0.4) is 0 Å². The zero-order valence-electron chi connectivity index (χ0n) is 16.8. The molecule has 1 heterocycles. The van der Waals surface area contributed by atoms with Crippen molar-refractivity contribution in [2.75, 3.05) is 37.7 Å². The molecule has 1 saturated heterocycles. The van der Waals surface area contributed by atoms with Crippen LogP contribution in [0, 0.1) is 6.92 Å². The minimum absolute atomic E-state index is 0. The summed E-state index contributed by atoms with van der Waals surface area (Å²) in [7, 11) is 0. The van der Waals surface area contributed by atoms with Crippen LogP contribution in [-0.2, 0) is 17.8 Å². The second-order valence-corrected chi connectivity index (χ2v) is 6.76. The third-order valence-electron chi connectivity index (χ3n) is 4.67. The number of ether oxygens (including phenoxy) is 1. The van der Waals surface area contributed by atoms with Gasteiger partial charge in [-0.25, -0.2) is 4.99 Å². The maximum atomic E-state index is 5.49. The Balaban J connectivity index is 0.00000280. The van der Waals surface area contributed by atoms with Gasteiger partial charge in [0.05, 0.1) is 19.8 Å². The van der Waals surface area contributed by atoms with Gasteiger partial charge in [0, 0.05) is 31.9 Å².